The van der Waals surface area contributed by atoms with E-state index in [1.165, 1.54) is 18.2 Å². The minimum atomic E-state index is -2.49. The summed E-state index contributed by atoms with van der Waals surface area (Å²) < 4.78 is 70.3. The number of benzene rings is 3. The van der Waals surface area contributed by atoms with Gasteiger partial charge in [0.25, 0.3) is 0 Å². The summed E-state index contributed by atoms with van der Waals surface area (Å²) in [5.74, 6) is -3.81. The number of hydrogen-bond donors (Lipinski definition) is 0. The highest BCUT2D eigenvalue weighted by molar-refractivity contribution is 5.91. The molecular weight excluding hydrogens is 448 g/mol. The Hall–Kier alpha value is -3.61. The minimum Gasteiger partial charge on any atom is -0.491 e. The van der Waals surface area contributed by atoms with E-state index in [0.29, 0.717) is 0 Å². The van der Waals surface area contributed by atoms with Crippen molar-refractivity contribution >= 4 is 5.97 Å². The van der Waals surface area contributed by atoms with Crippen molar-refractivity contribution < 1.29 is 31.8 Å². The van der Waals surface area contributed by atoms with Crippen molar-refractivity contribution in [3.05, 3.63) is 95.1 Å². The van der Waals surface area contributed by atoms with E-state index in [9.17, 15) is 13.6 Å². The Morgan fingerprint density at radius 1 is 0.912 bits per heavy atom. The van der Waals surface area contributed by atoms with Crippen LogP contribution in [0.1, 0.15) is 52.7 Å². The molecule has 0 spiro atoms. The predicted octanol–water partition coefficient (Wildman–Crippen LogP) is 7.40. The zero-order valence-electron chi connectivity index (χ0n) is 18.4. The number of fused-ring (bicyclic) bond motifs is 3. The fourth-order valence-electron chi connectivity index (χ4n) is 4.03. The van der Waals surface area contributed by atoms with Gasteiger partial charge in [-0.3, -0.25) is 0 Å². The molecule has 0 fully saturated rings. The fraction of sp³-hybridized carbons (Fsp3) is 0.222. The van der Waals surface area contributed by atoms with E-state index in [2.05, 4.69) is 6.58 Å². The lowest BCUT2D eigenvalue weighted by Gasteiger charge is -2.28. The molecule has 34 heavy (non-hydrogen) atoms. The van der Waals surface area contributed by atoms with Crippen LogP contribution in [0.5, 0.6) is 11.5 Å². The van der Waals surface area contributed by atoms with Crippen molar-refractivity contribution in [3.8, 4) is 22.6 Å². The second-order valence-electron chi connectivity index (χ2n) is 7.83. The number of alkyl halides is 2. The highest BCUT2D eigenvalue weighted by Gasteiger charge is 2.40. The highest BCUT2D eigenvalue weighted by atomic mass is 19.2. The minimum absolute atomic E-state index is 0.0118. The first kappa shape index (κ1) is 23.5. The Bertz CT molecular complexity index is 1240. The summed E-state index contributed by atoms with van der Waals surface area (Å²) in [7, 11) is 0. The maximum atomic E-state index is 15.2. The number of esters is 1. The summed E-state index contributed by atoms with van der Waals surface area (Å²) in [5.41, 5.74) is 0.0336. The van der Waals surface area contributed by atoms with E-state index < -0.39 is 46.8 Å². The van der Waals surface area contributed by atoms with Gasteiger partial charge >= 0.3 is 5.97 Å². The summed E-state index contributed by atoms with van der Waals surface area (Å²) >= 11 is 0. The first-order chi connectivity index (χ1) is 16.4. The van der Waals surface area contributed by atoms with Crippen molar-refractivity contribution in [3.63, 3.8) is 0 Å². The monoisotopic (exact) mass is 470 g/mol. The van der Waals surface area contributed by atoms with Crippen LogP contribution < -0.4 is 9.47 Å². The van der Waals surface area contributed by atoms with Crippen LogP contribution >= 0.6 is 0 Å². The van der Waals surface area contributed by atoms with Gasteiger partial charge in [0.05, 0.1) is 12.2 Å². The standard InChI is InChI=1S/C27H22F4O3/c1-3-5-6-15-7-9-16(10-8-15)27(32)34-20-14-12-18-17-11-13-19(33-4-2)23(28)21(17)25(30)26(31)22(18)24(20)29/h3,7-14,25-26H,1,4-6H2,2H3. The van der Waals surface area contributed by atoms with Crippen molar-refractivity contribution in [2.75, 3.05) is 6.61 Å². The van der Waals surface area contributed by atoms with E-state index in [4.69, 9.17) is 9.47 Å². The molecule has 3 nitrogen and oxygen atoms in total. The summed E-state index contributed by atoms with van der Waals surface area (Å²) in [6.45, 7) is 5.44. The molecule has 0 saturated carbocycles. The smallest absolute Gasteiger partial charge is 0.343 e. The van der Waals surface area contributed by atoms with Crippen LogP contribution in [0.15, 0.2) is 61.2 Å². The molecule has 4 rings (SSSR count). The van der Waals surface area contributed by atoms with Gasteiger partial charge in [0.1, 0.15) is 0 Å². The van der Waals surface area contributed by atoms with Gasteiger partial charge in [0, 0.05) is 11.1 Å². The van der Waals surface area contributed by atoms with Gasteiger partial charge in [-0.2, -0.15) is 0 Å². The molecule has 2 atom stereocenters. The Balaban J connectivity index is 1.66. The van der Waals surface area contributed by atoms with Crippen LogP contribution in [-0.4, -0.2) is 12.6 Å². The lowest BCUT2D eigenvalue weighted by molar-refractivity contribution is 0.0726. The van der Waals surface area contributed by atoms with E-state index in [-0.39, 0.29) is 29.0 Å². The molecule has 0 radical (unpaired) electrons. The van der Waals surface area contributed by atoms with E-state index in [1.54, 1.807) is 37.3 Å². The molecule has 0 amide bonds. The van der Waals surface area contributed by atoms with Crippen LogP contribution in [0, 0.1) is 11.6 Å². The topological polar surface area (TPSA) is 35.5 Å². The molecule has 0 bridgehead atoms. The van der Waals surface area contributed by atoms with E-state index >= 15 is 8.78 Å². The molecular formula is C27H22F4O3. The SMILES string of the molecule is C=CCCc1ccc(C(=O)Oc2ccc3c(c2F)C(F)C(F)c2c-3ccc(OCC)c2F)cc1. The molecule has 0 heterocycles. The van der Waals surface area contributed by atoms with Gasteiger partial charge in [-0.1, -0.05) is 30.3 Å². The van der Waals surface area contributed by atoms with Crippen molar-refractivity contribution in [1.82, 2.24) is 0 Å². The Morgan fingerprint density at radius 3 is 2.03 bits per heavy atom. The lowest BCUT2D eigenvalue weighted by Crippen LogP contribution is -2.17. The van der Waals surface area contributed by atoms with Gasteiger partial charge in [-0.05, 0) is 60.7 Å². The number of carbonyl (C=O) groups excluding carboxylic acids is 1. The Kier molecular flexibility index (Phi) is 6.72. The number of rotatable bonds is 7. The molecule has 1 aliphatic rings. The lowest BCUT2D eigenvalue weighted by atomic mass is 9.82. The molecule has 1 aliphatic carbocycles. The van der Waals surface area contributed by atoms with Crippen LogP contribution in [0.3, 0.4) is 0 Å². The van der Waals surface area contributed by atoms with Gasteiger partial charge in [0.2, 0.25) is 0 Å². The normalized spacial score (nSPS) is 16.4. The summed E-state index contributed by atoms with van der Waals surface area (Å²) in [4.78, 5) is 12.5. The van der Waals surface area contributed by atoms with Crippen LogP contribution in [0.2, 0.25) is 0 Å². The van der Waals surface area contributed by atoms with Gasteiger partial charge in [-0.25, -0.2) is 22.4 Å². The molecule has 2 unspecified atom stereocenters. The Labute approximate surface area is 194 Å². The number of ether oxygens (including phenoxy) is 2. The first-order valence-electron chi connectivity index (χ1n) is 10.9. The molecule has 0 N–H and O–H groups in total. The number of halogens is 4. The predicted molar refractivity (Wildman–Crippen MR) is 121 cm³/mol. The Morgan fingerprint density at radius 2 is 1.47 bits per heavy atom. The maximum Gasteiger partial charge on any atom is 0.343 e. The van der Waals surface area contributed by atoms with Gasteiger partial charge in [0.15, 0.2) is 35.5 Å². The highest BCUT2D eigenvalue weighted by Crippen LogP contribution is 2.52. The molecule has 0 aliphatic heterocycles. The third-order valence-corrected chi connectivity index (χ3v) is 5.72. The summed E-state index contributed by atoms with van der Waals surface area (Å²) in [5, 5.41) is 0. The summed E-state index contributed by atoms with van der Waals surface area (Å²) in [6.07, 6.45) is -1.62. The fourth-order valence-corrected chi connectivity index (χ4v) is 4.03. The number of carbonyl (C=O) groups is 1. The maximum absolute atomic E-state index is 15.2. The molecule has 176 valence electrons. The number of allylic oxidation sites excluding steroid dienone is 1. The average molecular weight is 470 g/mol. The first-order valence-corrected chi connectivity index (χ1v) is 10.9. The van der Waals surface area contributed by atoms with Crippen LogP contribution in [-0.2, 0) is 6.42 Å². The zero-order chi connectivity index (χ0) is 24.4. The quantitative estimate of drug-likeness (QED) is 0.156. The van der Waals surface area contributed by atoms with Gasteiger partial charge in [-0.15, -0.1) is 6.58 Å². The molecule has 3 aromatic rings. The van der Waals surface area contributed by atoms with Crippen molar-refractivity contribution in [1.29, 1.82) is 0 Å². The third kappa shape index (κ3) is 4.18. The average Bonchev–Trinajstić information content (AvgIpc) is 2.84. The van der Waals surface area contributed by atoms with E-state index in [1.807, 2.05) is 0 Å². The van der Waals surface area contributed by atoms with Crippen LogP contribution in [0.4, 0.5) is 17.6 Å². The molecule has 0 aromatic heterocycles. The second-order valence-corrected chi connectivity index (χ2v) is 7.83. The third-order valence-electron chi connectivity index (χ3n) is 5.72. The zero-order valence-corrected chi connectivity index (χ0v) is 18.4. The van der Waals surface area contributed by atoms with Crippen molar-refractivity contribution in [2.45, 2.75) is 32.1 Å². The largest absolute Gasteiger partial charge is 0.491 e. The van der Waals surface area contributed by atoms with E-state index in [0.717, 1.165) is 24.5 Å². The summed E-state index contributed by atoms with van der Waals surface area (Å²) in [6, 6.07) is 11.7. The van der Waals surface area contributed by atoms with Gasteiger partial charge < -0.3 is 9.47 Å². The number of aryl methyl sites for hydroxylation is 1. The molecule has 3 aromatic carbocycles. The molecule has 7 heteroatoms. The number of hydrogen-bond acceptors (Lipinski definition) is 3. The van der Waals surface area contributed by atoms with Crippen molar-refractivity contribution in [2.24, 2.45) is 0 Å². The second kappa shape index (κ2) is 9.71. The molecule has 0 saturated heterocycles. The van der Waals surface area contributed by atoms with Crippen LogP contribution in [0.25, 0.3) is 11.1 Å².